The fraction of sp³-hybridized carbons (Fsp3) is 0.350. The molecule has 1 saturated heterocycles. The van der Waals surface area contributed by atoms with Crippen LogP contribution >= 0.6 is 11.3 Å². The lowest BCUT2D eigenvalue weighted by Gasteiger charge is -2.37. The van der Waals surface area contributed by atoms with Crippen LogP contribution in [0.1, 0.15) is 16.6 Å². The van der Waals surface area contributed by atoms with Crippen molar-refractivity contribution < 1.29 is 27.6 Å². The van der Waals surface area contributed by atoms with Crippen molar-refractivity contribution in [3.8, 4) is 0 Å². The van der Waals surface area contributed by atoms with Crippen molar-refractivity contribution in [1.82, 2.24) is 15.1 Å². The van der Waals surface area contributed by atoms with Crippen LogP contribution in [0.4, 0.5) is 18.9 Å². The van der Waals surface area contributed by atoms with Crippen LogP contribution in [0, 0.1) is 17.5 Å². The summed E-state index contributed by atoms with van der Waals surface area (Å²) in [6.45, 7) is 3.17. The van der Waals surface area contributed by atoms with Gasteiger partial charge in [0.05, 0.1) is 23.2 Å². The van der Waals surface area contributed by atoms with E-state index in [9.17, 15) is 27.6 Å². The molecule has 3 amide bonds. The van der Waals surface area contributed by atoms with Gasteiger partial charge in [0.2, 0.25) is 11.8 Å². The number of rotatable bonds is 6. The van der Waals surface area contributed by atoms with E-state index < -0.39 is 47.5 Å². The molecule has 0 saturated carbocycles. The summed E-state index contributed by atoms with van der Waals surface area (Å²) in [5, 5.41) is 6.37. The van der Waals surface area contributed by atoms with Gasteiger partial charge in [0.1, 0.15) is 0 Å². The predicted octanol–water partition coefficient (Wildman–Crippen LogP) is 2.07. The van der Waals surface area contributed by atoms with Gasteiger partial charge >= 0.3 is 0 Å². The molecule has 1 aromatic carbocycles. The summed E-state index contributed by atoms with van der Waals surface area (Å²) in [6.07, 6.45) is 0. The highest BCUT2D eigenvalue weighted by atomic mass is 32.1. The lowest BCUT2D eigenvalue weighted by Crippen LogP contribution is -2.55. The predicted molar refractivity (Wildman–Crippen MR) is 109 cm³/mol. The van der Waals surface area contributed by atoms with Crippen LogP contribution in [0.5, 0.6) is 0 Å². The van der Waals surface area contributed by atoms with Gasteiger partial charge in [0.25, 0.3) is 5.91 Å². The highest BCUT2D eigenvalue weighted by Crippen LogP contribution is 2.19. The molecule has 0 radical (unpaired) electrons. The van der Waals surface area contributed by atoms with Crippen LogP contribution in [0.2, 0.25) is 0 Å². The molecule has 31 heavy (non-hydrogen) atoms. The first-order valence-electron chi connectivity index (χ1n) is 9.56. The Balaban J connectivity index is 1.45. The normalized spacial score (nSPS) is 15.4. The number of anilines is 1. The molecule has 0 aliphatic carbocycles. The molecule has 1 aromatic heterocycles. The maximum Gasteiger partial charge on any atom is 0.264 e. The smallest absolute Gasteiger partial charge is 0.264 e. The third-order valence-electron chi connectivity index (χ3n) is 4.99. The number of benzene rings is 1. The Labute approximate surface area is 180 Å². The summed E-state index contributed by atoms with van der Waals surface area (Å²) in [5.74, 6) is -5.80. The number of nitrogens with zero attached hydrogens (tertiary/aromatic N) is 2. The van der Waals surface area contributed by atoms with Gasteiger partial charge in [0.15, 0.2) is 17.5 Å². The minimum Gasteiger partial charge on any atom is -0.346 e. The van der Waals surface area contributed by atoms with Crippen molar-refractivity contribution >= 4 is 34.7 Å². The second-order valence-electron chi connectivity index (χ2n) is 6.97. The molecular formula is C20H21F3N4O3S. The third kappa shape index (κ3) is 5.42. The van der Waals surface area contributed by atoms with Gasteiger partial charge < -0.3 is 15.5 Å². The van der Waals surface area contributed by atoms with Crippen molar-refractivity contribution in [3.63, 3.8) is 0 Å². The monoisotopic (exact) mass is 454 g/mol. The fourth-order valence-corrected chi connectivity index (χ4v) is 3.86. The zero-order chi connectivity index (χ0) is 22.5. The highest BCUT2D eigenvalue weighted by Gasteiger charge is 2.28. The number of amides is 3. The summed E-state index contributed by atoms with van der Waals surface area (Å²) >= 11 is 1.38. The van der Waals surface area contributed by atoms with E-state index in [4.69, 9.17) is 0 Å². The van der Waals surface area contributed by atoms with Gasteiger partial charge in [-0.05, 0) is 30.5 Å². The van der Waals surface area contributed by atoms with E-state index in [1.165, 1.54) is 11.3 Å². The van der Waals surface area contributed by atoms with Gasteiger partial charge in [-0.1, -0.05) is 6.07 Å². The van der Waals surface area contributed by atoms with Crippen LogP contribution < -0.4 is 10.6 Å². The number of piperazine rings is 1. The standard InChI is InChI=1S/C20H21F3N4O3S/c1-12(26-6-8-27(9-7-26)20(30)15-3-2-10-31-15)19(29)24-11-16(28)25-14-5-4-13(21)17(22)18(14)23/h2-5,10,12H,6-9,11H2,1H3,(H,24,29)(H,25,28)/t12-/m1/s1. The maximum absolute atomic E-state index is 13.6. The van der Waals surface area contributed by atoms with Crippen molar-refractivity contribution in [1.29, 1.82) is 0 Å². The minimum absolute atomic E-state index is 0.0344. The number of hydrogen-bond donors (Lipinski definition) is 2. The highest BCUT2D eigenvalue weighted by molar-refractivity contribution is 7.12. The molecule has 1 aliphatic rings. The molecule has 0 spiro atoms. The zero-order valence-electron chi connectivity index (χ0n) is 16.7. The first kappa shape index (κ1) is 22.8. The molecule has 11 heteroatoms. The lowest BCUT2D eigenvalue weighted by atomic mass is 10.2. The van der Waals surface area contributed by atoms with Gasteiger partial charge in [-0.25, -0.2) is 13.2 Å². The first-order chi connectivity index (χ1) is 14.8. The molecular weight excluding hydrogens is 433 g/mol. The van der Waals surface area contributed by atoms with Gasteiger partial charge in [-0.3, -0.25) is 19.3 Å². The van der Waals surface area contributed by atoms with E-state index >= 15 is 0 Å². The van der Waals surface area contributed by atoms with Gasteiger partial charge in [0, 0.05) is 26.2 Å². The summed E-state index contributed by atoms with van der Waals surface area (Å²) < 4.78 is 39.8. The van der Waals surface area contributed by atoms with Crippen LogP contribution in [0.15, 0.2) is 29.6 Å². The molecule has 1 atom stereocenters. The molecule has 0 unspecified atom stereocenters. The molecule has 166 valence electrons. The fourth-order valence-electron chi connectivity index (χ4n) is 3.17. The number of nitrogens with one attached hydrogen (secondary N) is 2. The number of hydrogen-bond acceptors (Lipinski definition) is 5. The van der Waals surface area contributed by atoms with Crippen molar-refractivity contribution in [2.75, 3.05) is 38.0 Å². The van der Waals surface area contributed by atoms with Crippen LogP contribution in [0.3, 0.4) is 0 Å². The van der Waals surface area contributed by atoms with Crippen molar-refractivity contribution in [2.45, 2.75) is 13.0 Å². The average Bonchev–Trinajstić information content (AvgIpc) is 3.32. The summed E-state index contributed by atoms with van der Waals surface area (Å²) in [5.41, 5.74) is -0.516. The second-order valence-corrected chi connectivity index (χ2v) is 7.92. The minimum atomic E-state index is -1.69. The Morgan fingerprint density at radius 3 is 2.42 bits per heavy atom. The Bertz CT molecular complexity index is 963. The zero-order valence-corrected chi connectivity index (χ0v) is 17.5. The lowest BCUT2D eigenvalue weighted by molar-refractivity contribution is -0.128. The van der Waals surface area contributed by atoms with Crippen LogP contribution in [-0.2, 0) is 9.59 Å². The summed E-state index contributed by atoms with van der Waals surface area (Å²) in [4.78, 5) is 41.0. The Morgan fingerprint density at radius 2 is 1.77 bits per heavy atom. The molecule has 7 nitrogen and oxygen atoms in total. The number of thiophene rings is 1. The maximum atomic E-state index is 13.6. The van der Waals surface area contributed by atoms with Gasteiger partial charge in [-0.15, -0.1) is 11.3 Å². The van der Waals surface area contributed by atoms with E-state index in [1.54, 1.807) is 17.9 Å². The molecule has 2 N–H and O–H groups in total. The Morgan fingerprint density at radius 1 is 1.06 bits per heavy atom. The second kappa shape index (κ2) is 9.92. The van der Waals surface area contributed by atoms with E-state index in [0.717, 1.165) is 6.07 Å². The molecule has 3 rings (SSSR count). The Kier molecular flexibility index (Phi) is 7.29. The molecule has 0 bridgehead atoms. The number of carbonyl (C=O) groups is 3. The molecule has 1 aliphatic heterocycles. The van der Waals surface area contributed by atoms with Gasteiger partial charge in [-0.2, -0.15) is 0 Å². The van der Waals surface area contributed by atoms with Crippen LogP contribution in [-0.4, -0.2) is 66.3 Å². The topological polar surface area (TPSA) is 81.8 Å². The van der Waals surface area contributed by atoms with Crippen molar-refractivity contribution in [2.24, 2.45) is 0 Å². The molecule has 2 aromatic rings. The van der Waals surface area contributed by atoms with Crippen molar-refractivity contribution in [3.05, 3.63) is 52.0 Å². The quantitative estimate of drug-likeness (QED) is 0.655. The number of carbonyl (C=O) groups excluding carboxylic acids is 3. The van der Waals surface area contributed by atoms with E-state index in [-0.39, 0.29) is 5.91 Å². The first-order valence-corrected chi connectivity index (χ1v) is 10.4. The van der Waals surface area contributed by atoms with E-state index in [1.807, 2.05) is 16.3 Å². The average molecular weight is 454 g/mol. The molecule has 1 fully saturated rings. The summed E-state index contributed by atoms with van der Waals surface area (Å²) in [6, 6.07) is 4.63. The summed E-state index contributed by atoms with van der Waals surface area (Å²) in [7, 11) is 0. The SMILES string of the molecule is C[C@H](C(=O)NCC(=O)Nc1ccc(F)c(F)c1F)N1CCN(C(=O)c2cccs2)CC1. The van der Waals surface area contributed by atoms with Crippen LogP contribution in [0.25, 0.3) is 0 Å². The van der Waals surface area contributed by atoms with E-state index in [2.05, 4.69) is 10.6 Å². The van der Waals surface area contributed by atoms with E-state index in [0.29, 0.717) is 37.1 Å². The molecule has 2 heterocycles. The largest absolute Gasteiger partial charge is 0.346 e. The Hall–Kier alpha value is -2.92. The third-order valence-corrected chi connectivity index (χ3v) is 5.85. The number of halogens is 3.